The number of amides is 1. The fourth-order valence-electron chi connectivity index (χ4n) is 4.89. The lowest BCUT2D eigenvalue weighted by Gasteiger charge is -2.41. The van der Waals surface area contributed by atoms with Crippen LogP contribution in [-0.4, -0.2) is 65.0 Å². The number of carbonyl (C=O) groups is 3. The number of unbranched alkanes of at least 4 members (excludes halogenated alkanes) is 2. The lowest BCUT2D eigenvalue weighted by Crippen LogP contribution is -2.49. The van der Waals surface area contributed by atoms with Gasteiger partial charge in [0.2, 0.25) is 0 Å². The van der Waals surface area contributed by atoms with Gasteiger partial charge in [-0.1, -0.05) is 52.2 Å². The first-order valence-electron chi connectivity index (χ1n) is 15.1. The molecule has 0 unspecified atom stereocenters. The number of ether oxygens (including phenoxy) is 3. The van der Waals surface area contributed by atoms with Crippen molar-refractivity contribution in [3.63, 3.8) is 0 Å². The van der Waals surface area contributed by atoms with Crippen LogP contribution < -0.4 is 4.74 Å². The molecule has 1 aromatic rings. The third-order valence-electron chi connectivity index (χ3n) is 6.89. The molecule has 3 atom stereocenters. The van der Waals surface area contributed by atoms with Gasteiger partial charge in [-0.15, -0.1) is 11.8 Å². The molecule has 0 saturated heterocycles. The summed E-state index contributed by atoms with van der Waals surface area (Å²) < 4.78 is 17.4. The largest absolute Gasteiger partial charge is 0.507 e. The SMILES string of the molecule is CCCCN(CCCC)C(=O)c1cc(OC)cc(O)c1[C@@H](SC(C)C)[C@@H](OC(C)=O)[C@](C)(CCC=C(C)C)OC(C)=O. The van der Waals surface area contributed by atoms with Crippen molar-refractivity contribution in [1.29, 1.82) is 0 Å². The van der Waals surface area contributed by atoms with Crippen molar-refractivity contribution >= 4 is 29.6 Å². The van der Waals surface area contributed by atoms with E-state index in [9.17, 15) is 19.5 Å². The Hall–Kier alpha value is -2.68. The molecule has 9 heteroatoms. The van der Waals surface area contributed by atoms with Gasteiger partial charge in [0.25, 0.3) is 5.91 Å². The first-order valence-corrected chi connectivity index (χ1v) is 16.0. The zero-order valence-electron chi connectivity index (χ0n) is 27.4. The molecule has 0 aromatic heterocycles. The van der Waals surface area contributed by atoms with Crippen molar-refractivity contribution in [2.24, 2.45) is 0 Å². The number of benzene rings is 1. The number of thioether (sulfide) groups is 1. The Morgan fingerprint density at radius 1 is 1.02 bits per heavy atom. The number of aromatic hydroxyl groups is 1. The summed E-state index contributed by atoms with van der Waals surface area (Å²) in [6.07, 6.45) is 5.51. The van der Waals surface area contributed by atoms with Gasteiger partial charge in [0.1, 0.15) is 17.1 Å². The molecule has 0 aliphatic heterocycles. The smallest absolute Gasteiger partial charge is 0.303 e. The number of hydrogen-bond acceptors (Lipinski definition) is 8. The molecular weight excluding hydrogens is 554 g/mol. The van der Waals surface area contributed by atoms with Crippen molar-refractivity contribution < 1.29 is 33.7 Å². The number of nitrogens with zero attached hydrogens (tertiary/aromatic N) is 1. The van der Waals surface area contributed by atoms with Crippen LogP contribution >= 0.6 is 11.8 Å². The van der Waals surface area contributed by atoms with Gasteiger partial charge >= 0.3 is 11.9 Å². The van der Waals surface area contributed by atoms with E-state index in [0.717, 1.165) is 31.3 Å². The summed E-state index contributed by atoms with van der Waals surface area (Å²) in [6.45, 7) is 17.7. The molecule has 1 amide bonds. The van der Waals surface area contributed by atoms with Gasteiger partial charge in [0.15, 0.2) is 6.10 Å². The van der Waals surface area contributed by atoms with Crippen LogP contribution in [-0.2, 0) is 19.1 Å². The topological polar surface area (TPSA) is 102 Å². The average molecular weight is 608 g/mol. The number of esters is 2. The van der Waals surface area contributed by atoms with Crippen molar-refractivity contribution in [3.05, 3.63) is 34.9 Å². The molecule has 0 radical (unpaired) electrons. The molecule has 0 aliphatic rings. The second kappa shape index (κ2) is 18.1. The minimum atomic E-state index is -1.26. The number of methoxy groups -OCH3 is 1. The number of hydrogen-bond donors (Lipinski definition) is 1. The highest BCUT2D eigenvalue weighted by Gasteiger charge is 2.47. The maximum atomic E-state index is 14.3. The van der Waals surface area contributed by atoms with Crippen molar-refractivity contribution in [2.75, 3.05) is 20.2 Å². The molecule has 42 heavy (non-hydrogen) atoms. The first-order chi connectivity index (χ1) is 19.7. The van der Waals surface area contributed by atoms with E-state index in [-0.39, 0.29) is 22.5 Å². The van der Waals surface area contributed by atoms with Gasteiger partial charge < -0.3 is 24.2 Å². The fourth-order valence-corrected chi connectivity index (χ4v) is 6.34. The quantitative estimate of drug-likeness (QED) is 0.134. The van der Waals surface area contributed by atoms with Crippen LogP contribution in [0.1, 0.15) is 122 Å². The Kier molecular flexibility index (Phi) is 16.1. The second-order valence-corrected chi connectivity index (χ2v) is 13.2. The number of carbonyl (C=O) groups excluding carboxylic acids is 3. The molecule has 0 aliphatic carbocycles. The molecule has 0 bridgehead atoms. The number of rotatable bonds is 18. The monoisotopic (exact) mass is 607 g/mol. The van der Waals surface area contributed by atoms with E-state index in [1.54, 1.807) is 13.0 Å². The maximum absolute atomic E-state index is 14.3. The van der Waals surface area contributed by atoms with Crippen LogP contribution in [0, 0.1) is 0 Å². The van der Waals surface area contributed by atoms with Crippen LogP contribution in [0.15, 0.2) is 23.8 Å². The Balaban J connectivity index is 4.02. The summed E-state index contributed by atoms with van der Waals surface area (Å²) in [5.41, 5.74) is 0.470. The van der Waals surface area contributed by atoms with Gasteiger partial charge in [-0.25, -0.2) is 0 Å². The summed E-state index contributed by atoms with van der Waals surface area (Å²) in [5, 5.41) is 10.8. The van der Waals surface area contributed by atoms with E-state index in [0.29, 0.717) is 37.2 Å². The first kappa shape index (κ1) is 37.3. The molecule has 1 N–H and O–H groups in total. The van der Waals surface area contributed by atoms with E-state index >= 15 is 0 Å². The zero-order valence-corrected chi connectivity index (χ0v) is 28.2. The number of phenolic OH excluding ortho intramolecular Hbond substituents is 1. The zero-order chi connectivity index (χ0) is 32.0. The Bertz CT molecular complexity index is 1060. The van der Waals surface area contributed by atoms with Crippen LogP contribution in [0.4, 0.5) is 0 Å². The van der Waals surface area contributed by atoms with Crippen LogP contribution in [0.2, 0.25) is 0 Å². The summed E-state index contributed by atoms with van der Waals surface area (Å²) >= 11 is 1.45. The lowest BCUT2D eigenvalue weighted by molar-refractivity contribution is -0.182. The minimum Gasteiger partial charge on any atom is -0.507 e. The van der Waals surface area contributed by atoms with E-state index in [4.69, 9.17) is 14.2 Å². The molecule has 0 fully saturated rings. The van der Waals surface area contributed by atoms with Gasteiger partial charge in [0, 0.05) is 38.6 Å². The van der Waals surface area contributed by atoms with Crippen LogP contribution in [0.3, 0.4) is 0 Å². The Morgan fingerprint density at radius 2 is 1.62 bits per heavy atom. The van der Waals surface area contributed by atoms with E-state index in [1.807, 2.05) is 38.7 Å². The van der Waals surface area contributed by atoms with Crippen molar-refractivity contribution in [1.82, 2.24) is 4.90 Å². The molecule has 238 valence electrons. The standard InChI is InChI=1S/C33H53NO7S/c1-11-13-18-34(19-14-12-2)32(38)27-20-26(39-10)21-28(37)29(27)30(42-23(5)6)31(40-24(7)35)33(9,41-25(8)36)17-15-16-22(3)4/h16,20-21,23,30-31,37H,11-15,17-19H2,1-10H3/t30-,31-,33+/m1/s1. The lowest BCUT2D eigenvalue weighted by atomic mass is 9.85. The van der Waals surface area contributed by atoms with E-state index < -0.39 is 28.9 Å². The highest BCUT2D eigenvalue weighted by atomic mass is 32.2. The predicted molar refractivity (Wildman–Crippen MR) is 170 cm³/mol. The highest BCUT2D eigenvalue weighted by molar-refractivity contribution is 8.00. The molecule has 0 spiro atoms. The van der Waals surface area contributed by atoms with Crippen LogP contribution in [0.5, 0.6) is 11.5 Å². The van der Waals surface area contributed by atoms with E-state index in [1.165, 1.54) is 38.8 Å². The molecule has 8 nitrogen and oxygen atoms in total. The summed E-state index contributed by atoms with van der Waals surface area (Å²) in [6, 6.07) is 3.12. The molecular formula is C33H53NO7S. The molecule has 0 heterocycles. The summed E-state index contributed by atoms with van der Waals surface area (Å²) in [4.78, 5) is 41.1. The molecule has 0 saturated carbocycles. The van der Waals surface area contributed by atoms with Gasteiger partial charge in [-0.3, -0.25) is 14.4 Å². The Morgan fingerprint density at radius 3 is 2.07 bits per heavy atom. The Labute approximate surface area is 257 Å². The highest BCUT2D eigenvalue weighted by Crippen LogP contribution is 2.48. The van der Waals surface area contributed by atoms with Gasteiger partial charge in [0.05, 0.1) is 17.9 Å². The third-order valence-corrected chi connectivity index (χ3v) is 8.21. The maximum Gasteiger partial charge on any atom is 0.303 e. The van der Waals surface area contributed by atoms with Crippen molar-refractivity contribution in [3.8, 4) is 11.5 Å². The van der Waals surface area contributed by atoms with Crippen molar-refractivity contribution in [2.45, 2.75) is 123 Å². The minimum absolute atomic E-state index is 0.00755. The predicted octanol–water partition coefficient (Wildman–Crippen LogP) is 7.63. The van der Waals surface area contributed by atoms with Gasteiger partial charge in [-0.2, -0.15) is 0 Å². The second-order valence-electron chi connectivity index (χ2n) is 11.5. The van der Waals surface area contributed by atoms with E-state index in [2.05, 4.69) is 13.8 Å². The average Bonchev–Trinajstić information content (AvgIpc) is 2.89. The summed E-state index contributed by atoms with van der Waals surface area (Å²) in [7, 11) is 1.48. The number of phenols is 1. The van der Waals surface area contributed by atoms with Gasteiger partial charge in [-0.05, 0) is 57.8 Å². The summed E-state index contributed by atoms with van der Waals surface area (Å²) in [5.74, 6) is -1.10. The third kappa shape index (κ3) is 11.5. The fraction of sp³-hybridized carbons (Fsp3) is 0.667. The molecule has 1 aromatic carbocycles. The normalized spacial score (nSPS) is 14.0. The van der Waals surface area contributed by atoms with Crippen LogP contribution in [0.25, 0.3) is 0 Å². The number of allylic oxidation sites excluding steroid dienone is 2. The molecule has 1 rings (SSSR count).